The molecule has 0 amide bonds. The topological polar surface area (TPSA) is 0 Å². The van der Waals surface area contributed by atoms with Gasteiger partial charge in [-0.1, -0.05) is 44.4 Å². The van der Waals surface area contributed by atoms with Gasteiger partial charge in [0.1, 0.15) is 5.82 Å². The van der Waals surface area contributed by atoms with Gasteiger partial charge in [-0.15, -0.1) is 0 Å². The van der Waals surface area contributed by atoms with Crippen LogP contribution in [0.5, 0.6) is 0 Å². The minimum absolute atomic E-state index is 0.209. The molecule has 18 heavy (non-hydrogen) atoms. The number of halogens is 2. The van der Waals surface area contributed by atoms with Crippen LogP contribution in [0, 0.1) is 12.7 Å². The third kappa shape index (κ3) is 3.35. The van der Waals surface area contributed by atoms with Crippen LogP contribution in [0.1, 0.15) is 57.6 Å². The van der Waals surface area contributed by atoms with Crippen LogP contribution in [0.3, 0.4) is 0 Å². The van der Waals surface area contributed by atoms with Gasteiger partial charge in [0.2, 0.25) is 0 Å². The maximum Gasteiger partial charge on any atom is 0.142 e. The molecule has 0 bridgehead atoms. The second kappa shape index (κ2) is 6.94. The van der Waals surface area contributed by atoms with Gasteiger partial charge in [0.15, 0.2) is 0 Å². The first kappa shape index (κ1) is 15.2. The van der Waals surface area contributed by atoms with Gasteiger partial charge in [0.25, 0.3) is 0 Å². The van der Waals surface area contributed by atoms with E-state index in [2.05, 4.69) is 20.8 Å². The highest BCUT2D eigenvalue weighted by Gasteiger charge is 2.12. The van der Waals surface area contributed by atoms with E-state index in [1.165, 1.54) is 11.1 Å². The lowest BCUT2D eigenvalue weighted by molar-refractivity contribution is 0.627. The smallest absolute Gasteiger partial charge is 0.142 e. The van der Waals surface area contributed by atoms with Crippen molar-refractivity contribution in [1.29, 1.82) is 0 Å². The Balaban J connectivity index is 3.36. The molecule has 0 atom stereocenters. The summed E-state index contributed by atoms with van der Waals surface area (Å²) < 4.78 is 13.7. The molecule has 0 saturated heterocycles. The zero-order valence-corrected chi connectivity index (χ0v) is 12.5. The molecule has 0 aliphatic rings. The zero-order chi connectivity index (χ0) is 13.7. The first-order chi connectivity index (χ1) is 8.54. The second-order valence-corrected chi connectivity index (χ2v) is 5.03. The number of rotatable bonds is 5. The monoisotopic (exact) mass is 268 g/mol. The molecule has 0 aromatic heterocycles. The molecular formula is C16H22ClF. The molecule has 0 unspecified atom stereocenters. The van der Waals surface area contributed by atoms with E-state index in [4.69, 9.17) is 11.6 Å². The highest BCUT2D eigenvalue weighted by atomic mass is 35.5. The molecule has 1 aromatic carbocycles. The lowest BCUT2D eigenvalue weighted by Crippen LogP contribution is -1.96. The Bertz CT molecular complexity index is 447. The van der Waals surface area contributed by atoms with Crippen LogP contribution in [-0.4, -0.2) is 0 Å². The maximum absolute atomic E-state index is 13.7. The molecule has 100 valence electrons. The van der Waals surface area contributed by atoms with E-state index in [1.54, 1.807) is 12.1 Å². The molecule has 0 heterocycles. The van der Waals surface area contributed by atoms with Gasteiger partial charge in [-0.05, 0) is 55.0 Å². The highest BCUT2D eigenvalue weighted by molar-refractivity contribution is 6.30. The average Bonchev–Trinajstić information content (AvgIpc) is 2.35. The standard InChI is InChI=1S/C16H22ClF/c1-5-8-12(6-2)13(7-3)14-10-16(18)15(17)9-11(14)4/h9-10H,5-8H2,1-4H3/b13-12+. The second-order valence-electron chi connectivity index (χ2n) is 4.62. The minimum atomic E-state index is -0.324. The quantitative estimate of drug-likeness (QED) is 0.600. The SMILES string of the molecule is CCC/C(CC)=C(\CC)c1cc(F)c(Cl)cc1C. The molecule has 1 rings (SSSR count). The van der Waals surface area contributed by atoms with E-state index in [0.29, 0.717) is 0 Å². The van der Waals surface area contributed by atoms with Gasteiger partial charge >= 0.3 is 0 Å². The Morgan fingerprint density at radius 1 is 1.17 bits per heavy atom. The van der Waals surface area contributed by atoms with Crippen LogP contribution in [0.15, 0.2) is 17.7 Å². The van der Waals surface area contributed by atoms with Crippen molar-refractivity contribution in [3.63, 3.8) is 0 Å². The average molecular weight is 269 g/mol. The van der Waals surface area contributed by atoms with Gasteiger partial charge in [-0.25, -0.2) is 4.39 Å². The summed E-state index contributed by atoms with van der Waals surface area (Å²) >= 11 is 5.82. The molecule has 0 radical (unpaired) electrons. The Labute approximate surface area is 115 Å². The van der Waals surface area contributed by atoms with Crippen molar-refractivity contribution in [2.45, 2.75) is 53.4 Å². The molecule has 1 aromatic rings. The number of aryl methyl sites for hydroxylation is 1. The fourth-order valence-corrected chi connectivity index (χ4v) is 2.66. The molecular weight excluding hydrogens is 247 g/mol. The fraction of sp³-hybridized carbons (Fsp3) is 0.500. The largest absolute Gasteiger partial charge is 0.205 e. The van der Waals surface area contributed by atoms with E-state index < -0.39 is 0 Å². The number of benzene rings is 1. The van der Waals surface area contributed by atoms with Gasteiger partial charge < -0.3 is 0 Å². The summed E-state index contributed by atoms with van der Waals surface area (Å²) in [6, 6.07) is 3.31. The summed E-state index contributed by atoms with van der Waals surface area (Å²) in [5.74, 6) is -0.324. The molecule has 0 spiro atoms. The Hall–Kier alpha value is -0.820. The minimum Gasteiger partial charge on any atom is -0.205 e. The summed E-state index contributed by atoms with van der Waals surface area (Å²) in [5.41, 5.74) is 4.79. The van der Waals surface area contributed by atoms with Crippen molar-refractivity contribution in [3.05, 3.63) is 39.7 Å². The molecule has 0 aliphatic carbocycles. The van der Waals surface area contributed by atoms with Crippen molar-refractivity contribution in [2.24, 2.45) is 0 Å². The highest BCUT2D eigenvalue weighted by Crippen LogP contribution is 2.31. The first-order valence-electron chi connectivity index (χ1n) is 6.71. The molecule has 0 aliphatic heterocycles. The van der Waals surface area contributed by atoms with E-state index in [1.807, 2.05) is 6.92 Å². The predicted octanol–water partition coefficient (Wildman–Crippen LogP) is 6.16. The molecule has 0 N–H and O–H groups in total. The molecule has 0 nitrogen and oxygen atoms in total. The Kier molecular flexibility index (Phi) is 5.87. The van der Waals surface area contributed by atoms with Crippen LogP contribution in [-0.2, 0) is 0 Å². The third-order valence-corrected chi connectivity index (χ3v) is 3.64. The van der Waals surface area contributed by atoms with E-state index in [0.717, 1.165) is 36.8 Å². The molecule has 0 saturated carbocycles. The molecule has 2 heteroatoms. The fourth-order valence-electron chi connectivity index (χ4n) is 2.45. The van der Waals surface area contributed by atoms with Gasteiger partial charge in [0.05, 0.1) is 5.02 Å². The maximum atomic E-state index is 13.7. The summed E-state index contributed by atoms with van der Waals surface area (Å²) in [6.07, 6.45) is 4.18. The summed E-state index contributed by atoms with van der Waals surface area (Å²) in [7, 11) is 0. The van der Waals surface area contributed by atoms with E-state index in [-0.39, 0.29) is 10.8 Å². The van der Waals surface area contributed by atoms with Crippen molar-refractivity contribution in [3.8, 4) is 0 Å². The Morgan fingerprint density at radius 2 is 1.83 bits per heavy atom. The molecule has 0 fully saturated rings. The first-order valence-corrected chi connectivity index (χ1v) is 7.09. The predicted molar refractivity (Wildman–Crippen MR) is 78.6 cm³/mol. The number of hydrogen-bond donors (Lipinski definition) is 0. The lowest BCUT2D eigenvalue weighted by Gasteiger charge is -2.16. The van der Waals surface area contributed by atoms with Crippen LogP contribution in [0.2, 0.25) is 5.02 Å². The zero-order valence-electron chi connectivity index (χ0n) is 11.7. The van der Waals surface area contributed by atoms with Crippen molar-refractivity contribution in [2.75, 3.05) is 0 Å². The van der Waals surface area contributed by atoms with Crippen LogP contribution >= 0.6 is 11.6 Å². The lowest BCUT2D eigenvalue weighted by atomic mass is 9.91. The summed E-state index contributed by atoms with van der Waals surface area (Å²) in [5, 5.41) is 0.209. The van der Waals surface area contributed by atoms with Crippen LogP contribution in [0.4, 0.5) is 4.39 Å². The van der Waals surface area contributed by atoms with Gasteiger partial charge in [-0.3, -0.25) is 0 Å². The summed E-state index contributed by atoms with van der Waals surface area (Å²) in [4.78, 5) is 0. The van der Waals surface area contributed by atoms with Crippen LogP contribution < -0.4 is 0 Å². The third-order valence-electron chi connectivity index (χ3n) is 3.35. The van der Waals surface area contributed by atoms with Crippen molar-refractivity contribution >= 4 is 17.2 Å². The summed E-state index contributed by atoms with van der Waals surface area (Å²) in [6.45, 7) is 8.47. The van der Waals surface area contributed by atoms with Crippen molar-refractivity contribution < 1.29 is 4.39 Å². The van der Waals surface area contributed by atoms with E-state index in [9.17, 15) is 4.39 Å². The van der Waals surface area contributed by atoms with E-state index >= 15 is 0 Å². The number of hydrogen-bond acceptors (Lipinski definition) is 0. The van der Waals surface area contributed by atoms with Crippen LogP contribution in [0.25, 0.3) is 5.57 Å². The number of allylic oxidation sites excluding steroid dienone is 2. The van der Waals surface area contributed by atoms with Gasteiger partial charge in [0, 0.05) is 0 Å². The van der Waals surface area contributed by atoms with Gasteiger partial charge in [-0.2, -0.15) is 0 Å². The van der Waals surface area contributed by atoms with Crippen molar-refractivity contribution in [1.82, 2.24) is 0 Å². The Morgan fingerprint density at radius 3 is 2.33 bits per heavy atom. The normalized spacial score (nSPS) is 12.6.